The molecule has 2 amide bonds. The molecule has 1 aromatic carbocycles. The summed E-state index contributed by atoms with van der Waals surface area (Å²) < 4.78 is 0. The van der Waals surface area contributed by atoms with E-state index in [4.69, 9.17) is 5.11 Å². The molecule has 0 aliphatic carbocycles. The van der Waals surface area contributed by atoms with Gasteiger partial charge in [-0.2, -0.15) is 6.41 Å². The summed E-state index contributed by atoms with van der Waals surface area (Å²) in [4.78, 5) is 21.5. The SMILES string of the molecule is CC(N[C-]=O)C(=O)Nc1ccc(CO)cc1.[Fm]. The molecule has 0 spiro atoms. The van der Waals surface area contributed by atoms with E-state index in [1.165, 1.54) is 6.41 Å². The smallest absolute Gasteiger partial charge is 0.243 e. The summed E-state index contributed by atoms with van der Waals surface area (Å²) in [6.45, 7) is 1.52. The molecule has 3 N–H and O–H groups in total. The molecule has 0 saturated heterocycles. The molecule has 98 valence electrons. The minimum Gasteiger partial charge on any atom is -0.520 e. The normalized spacial score (nSPS) is 10.9. The fraction of sp³-hybridized carbons (Fsp3) is 0.273. The first kappa shape index (κ1) is 14.1. The molecule has 6 heteroatoms. The summed E-state index contributed by atoms with van der Waals surface area (Å²) >= 11 is 0. The van der Waals surface area contributed by atoms with Crippen LogP contribution in [-0.4, -0.2) is 23.5 Å². The summed E-state index contributed by atoms with van der Waals surface area (Å²) in [5, 5.41) is 13.7. The van der Waals surface area contributed by atoms with Gasteiger partial charge in [-0.1, -0.05) is 12.1 Å². The van der Waals surface area contributed by atoms with Crippen molar-refractivity contribution in [1.29, 1.82) is 0 Å². The van der Waals surface area contributed by atoms with Gasteiger partial charge in [-0.05, 0) is 24.6 Å². The van der Waals surface area contributed by atoms with Crippen molar-refractivity contribution >= 4 is 18.0 Å². The van der Waals surface area contributed by atoms with E-state index >= 15 is 0 Å². The second kappa shape index (κ2) is 6.58. The third kappa shape index (κ3) is 4.01. The van der Waals surface area contributed by atoms with Crippen molar-refractivity contribution in [2.45, 2.75) is 19.6 Å². The van der Waals surface area contributed by atoms with Crippen molar-refractivity contribution in [1.82, 2.24) is 5.32 Å². The number of anilines is 1. The molecule has 0 fully saturated rings. The van der Waals surface area contributed by atoms with Gasteiger partial charge in [0.1, 0.15) is 0 Å². The molecule has 0 aliphatic rings. The zero-order chi connectivity index (χ0) is 12.0. The Morgan fingerprint density at radius 2 is 2.00 bits per heavy atom. The van der Waals surface area contributed by atoms with Crippen LogP contribution in [0.1, 0.15) is 12.5 Å². The molecule has 1 aromatic rings. The van der Waals surface area contributed by atoms with Crippen molar-refractivity contribution in [3.63, 3.8) is 0 Å². The predicted molar refractivity (Wildman–Crippen MR) is 59.3 cm³/mol. The molecule has 1 unspecified atom stereocenters. The number of aliphatic hydroxyl groups is 1. The van der Waals surface area contributed by atoms with Crippen LogP contribution in [0.15, 0.2) is 24.3 Å². The van der Waals surface area contributed by atoms with E-state index in [1.54, 1.807) is 31.2 Å². The summed E-state index contributed by atoms with van der Waals surface area (Å²) in [5.41, 5.74) is 1.38. The molecule has 1 atom stereocenters. The quantitative estimate of drug-likeness (QED) is 0.417. The second-order valence-corrected chi connectivity index (χ2v) is 3.31. The summed E-state index contributed by atoms with van der Waals surface area (Å²) in [6, 6.07) is 6.15. The Kier molecular flexibility index (Phi) is 5.46. The number of hydrogen-bond donors (Lipinski definition) is 3. The Hall–Kier alpha value is -2.88. The van der Waals surface area contributed by atoms with Crippen LogP contribution < -0.4 is 10.6 Å². The molecule has 17 heavy (non-hydrogen) atoms. The molecule has 5 nitrogen and oxygen atoms in total. The van der Waals surface area contributed by atoms with Crippen molar-refractivity contribution < 1.29 is 14.7 Å². The van der Waals surface area contributed by atoms with E-state index in [1.807, 2.05) is 0 Å². The van der Waals surface area contributed by atoms with Gasteiger partial charge in [0.2, 0.25) is 5.91 Å². The van der Waals surface area contributed by atoms with E-state index in [2.05, 4.69) is 10.6 Å². The maximum absolute atomic E-state index is 11.5. The Bertz CT molecular complexity index is 367. The standard InChI is InChI=1S/C11H13N2O3.Fm/c1-8(12-7-15)11(16)13-10-4-2-9(6-14)3-5-10;/h2-5,8,14H,6H2,1H3,(H,12,15)(H,13,16);/q-1;. The van der Waals surface area contributed by atoms with Crippen LogP contribution in [0.5, 0.6) is 0 Å². The van der Waals surface area contributed by atoms with Gasteiger partial charge in [0.25, 0.3) is 0 Å². The summed E-state index contributed by atoms with van der Waals surface area (Å²) in [7, 11) is 0. The molecule has 0 bridgehead atoms. The predicted octanol–water partition coefficient (Wildman–Crippen LogP) is 0.163. The minimum absolute atomic E-state index is 0. The first-order chi connectivity index (χ1) is 7.67. The number of carbonyl (C=O) groups excluding carboxylic acids is 2. The average molecular weight is 478 g/mol. The number of nitrogens with one attached hydrogen (secondary N) is 2. The van der Waals surface area contributed by atoms with Crippen LogP contribution in [0.3, 0.4) is 0 Å². The number of hydrogen-bond acceptors (Lipinski definition) is 3. The Labute approximate surface area is 93.5 Å². The van der Waals surface area contributed by atoms with E-state index in [0.29, 0.717) is 5.69 Å². The van der Waals surface area contributed by atoms with Crippen LogP contribution in [0, 0.1) is 0 Å². The first-order valence-corrected chi connectivity index (χ1v) is 4.80. The van der Waals surface area contributed by atoms with E-state index in [9.17, 15) is 9.59 Å². The maximum atomic E-state index is 11.5. The number of amides is 2. The zero-order valence-corrected chi connectivity index (χ0v) is 11.6. The third-order valence-electron chi connectivity index (χ3n) is 2.07. The van der Waals surface area contributed by atoms with Crippen LogP contribution in [0.4, 0.5) is 5.69 Å². The summed E-state index contributed by atoms with van der Waals surface area (Å²) in [5.74, 6) is -0.319. The van der Waals surface area contributed by atoms with Gasteiger partial charge < -0.3 is 20.5 Å². The zero-order valence-electron chi connectivity index (χ0n) is 9.15. The minimum atomic E-state index is -0.630. The number of rotatable bonds is 5. The molecular weight excluding hydrogens is 465 g/mol. The largest absolute Gasteiger partial charge is 0.520 e. The topological polar surface area (TPSA) is 78.4 Å². The molecule has 0 aliphatic heterocycles. The van der Waals surface area contributed by atoms with Crippen LogP contribution >= 0.6 is 0 Å². The average Bonchev–Trinajstić information content (AvgIpc) is 2.30. The van der Waals surface area contributed by atoms with Gasteiger partial charge in [0.15, 0.2) is 0 Å². The van der Waals surface area contributed by atoms with Gasteiger partial charge in [-0.15, -0.1) is 0 Å². The molecule has 0 radical (unpaired) electrons. The molecule has 0 aromatic heterocycles. The van der Waals surface area contributed by atoms with Crippen LogP contribution in [0.25, 0.3) is 0 Å². The molecular formula is C11H13FmN2O3-. The fourth-order valence-electron chi connectivity index (χ4n) is 1.10. The van der Waals surface area contributed by atoms with E-state index in [-0.39, 0.29) is 12.5 Å². The van der Waals surface area contributed by atoms with Crippen molar-refractivity contribution in [2.24, 2.45) is 0 Å². The van der Waals surface area contributed by atoms with Gasteiger partial charge in [0, 0.05) is 5.69 Å². The first-order valence-electron chi connectivity index (χ1n) is 4.80. The van der Waals surface area contributed by atoms with Crippen LogP contribution in [-0.2, 0) is 16.2 Å². The number of aliphatic hydroxyl groups excluding tert-OH is 1. The van der Waals surface area contributed by atoms with Gasteiger partial charge in [0.05, 0.1) is 12.6 Å². The third-order valence-corrected chi connectivity index (χ3v) is 2.07. The molecule has 0 heterocycles. The van der Waals surface area contributed by atoms with E-state index < -0.39 is 6.04 Å². The Morgan fingerprint density at radius 1 is 1.41 bits per heavy atom. The van der Waals surface area contributed by atoms with Gasteiger partial charge in [-0.25, -0.2) is 0 Å². The number of carbonyl (C=O) groups is 1. The Balaban J connectivity index is 0.00000256. The Morgan fingerprint density at radius 3 is 2.47 bits per heavy atom. The van der Waals surface area contributed by atoms with Crippen molar-refractivity contribution in [2.75, 3.05) is 5.32 Å². The fourth-order valence-corrected chi connectivity index (χ4v) is 1.10. The maximum Gasteiger partial charge on any atom is 0.243 e. The van der Waals surface area contributed by atoms with Gasteiger partial charge in [-0.3, -0.25) is 4.79 Å². The summed E-state index contributed by atoms with van der Waals surface area (Å²) in [6.07, 6.45) is 1.46. The van der Waals surface area contributed by atoms with Gasteiger partial charge >= 0.3 is 0 Å². The molecule has 1 rings (SSSR count). The van der Waals surface area contributed by atoms with Crippen molar-refractivity contribution in [3.05, 3.63) is 29.8 Å². The number of benzene rings is 1. The van der Waals surface area contributed by atoms with Crippen molar-refractivity contribution in [3.8, 4) is 0 Å². The monoisotopic (exact) mass is 478 g/mol. The second-order valence-electron chi connectivity index (χ2n) is 3.31. The van der Waals surface area contributed by atoms with E-state index in [0.717, 1.165) is 5.56 Å². The molecule has 0 saturated carbocycles. The van der Waals surface area contributed by atoms with Crippen LogP contribution in [0.2, 0.25) is 0 Å².